The molecule has 0 aliphatic carbocycles. The summed E-state index contributed by atoms with van der Waals surface area (Å²) in [5.41, 5.74) is 1.03. The fraction of sp³-hybridized carbons (Fsp3) is 0.611. The molecule has 5 heteroatoms. The van der Waals surface area contributed by atoms with Crippen LogP contribution in [0.3, 0.4) is 0 Å². The van der Waals surface area contributed by atoms with E-state index in [9.17, 15) is 9.90 Å². The lowest BCUT2D eigenvalue weighted by Crippen LogP contribution is -2.49. The van der Waals surface area contributed by atoms with E-state index in [2.05, 4.69) is 12.2 Å². The van der Waals surface area contributed by atoms with Crippen molar-refractivity contribution in [2.24, 2.45) is 5.41 Å². The molecule has 2 N–H and O–H groups in total. The summed E-state index contributed by atoms with van der Waals surface area (Å²) >= 11 is 0. The number of amides is 2. The van der Waals surface area contributed by atoms with E-state index in [0.29, 0.717) is 19.7 Å². The van der Waals surface area contributed by atoms with Crippen molar-refractivity contribution in [3.05, 3.63) is 35.9 Å². The van der Waals surface area contributed by atoms with Crippen LogP contribution in [0.1, 0.15) is 37.8 Å². The lowest BCUT2D eigenvalue weighted by atomic mass is 9.77. The minimum atomic E-state index is -0.149. The second-order valence-corrected chi connectivity index (χ2v) is 6.37. The predicted molar refractivity (Wildman–Crippen MR) is 90.2 cm³/mol. The largest absolute Gasteiger partial charge is 0.396 e. The molecule has 1 heterocycles. The zero-order valence-electron chi connectivity index (χ0n) is 14.1. The lowest BCUT2D eigenvalue weighted by Gasteiger charge is -2.40. The van der Waals surface area contributed by atoms with E-state index >= 15 is 0 Å². The fourth-order valence-electron chi connectivity index (χ4n) is 3.12. The molecular weight excluding hydrogens is 292 g/mol. The minimum absolute atomic E-state index is 0.0118. The molecule has 1 aliphatic rings. The van der Waals surface area contributed by atoms with Gasteiger partial charge < -0.3 is 20.1 Å². The Balaban J connectivity index is 1.95. The van der Waals surface area contributed by atoms with Gasteiger partial charge in [-0.25, -0.2) is 4.79 Å². The SMILES string of the molecule is CCC1(CO)CCN(C(=O)NC(COC)c2ccccc2)CC1. The van der Waals surface area contributed by atoms with Crippen LogP contribution in [0.2, 0.25) is 0 Å². The van der Waals surface area contributed by atoms with E-state index in [1.54, 1.807) is 7.11 Å². The van der Waals surface area contributed by atoms with Crippen molar-refractivity contribution in [2.75, 3.05) is 33.4 Å². The molecule has 5 nitrogen and oxygen atoms in total. The second-order valence-electron chi connectivity index (χ2n) is 6.37. The normalized spacial score (nSPS) is 18.5. The van der Waals surface area contributed by atoms with Gasteiger partial charge in [0.2, 0.25) is 0 Å². The van der Waals surface area contributed by atoms with E-state index in [-0.39, 0.29) is 24.1 Å². The molecular formula is C18H28N2O3. The van der Waals surface area contributed by atoms with Gasteiger partial charge in [0.1, 0.15) is 0 Å². The van der Waals surface area contributed by atoms with Crippen molar-refractivity contribution in [2.45, 2.75) is 32.2 Å². The number of ether oxygens (including phenoxy) is 1. The number of rotatable bonds is 6. The number of nitrogens with zero attached hydrogens (tertiary/aromatic N) is 1. The van der Waals surface area contributed by atoms with Gasteiger partial charge in [0.15, 0.2) is 0 Å². The first-order chi connectivity index (χ1) is 11.1. The molecule has 1 aliphatic heterocycles. The van der Waals surface area contributed by atoms with Gasteiger partial charge in [-0.05, 0) is 30.2 Å². The molecule has 2 amide bonds. The second kappa shape index (κ2) is 8.31. The summed E-state index contributed by atoms with van der Waals surface area (Å²) in [5, 5.41) is 12.7. The van der Waals surface area contributed by atoms with Crippen molar-refractivity contribution < 1.29 is 14.6 Å². The van der Waals surface area contributed by atoms with Crippen LogP contribution >= 0.6 is 0 Å². The maximum Gasteiger partial charge on any atom is 0.317 e. The van der Waals surface area contributed by atoms with Crippen LogP contribution in [0.15, 0.2) is 30.3 Å². The van der Waals surface area contributed by atoms with Crippen LogP contribution in [0.5, 0.6) is 0 Å². The maximum absolute atomic E-state index is 12.5. The fourth-order valence-corrected chi connectivity index (χ4v) is 3.12. The number of aliphatic hydroxyl groups excluding tert-OH is 1. The van der Waals surface area contributed by atoms with Crippen molar-refractivity contribution in [1.29, 1.82) is 0 Å². The Hall–Kier alpha value is -1.59. The summed E-state index contributed by atoms with van der Waals surface area (Å²) in [5.74, 6) is 0. The third-order valence-corrected chi connectivity index (χ3v) is 5.03. The monoisotopic (exact) mass is 320 g/mol. The first kappa shape index (κ1) is 17.8. The standard InChI is InChI=1S/C18H28N2O3/c1-3-18(14-21)9-11-20(12-10-18)17(22)19-16(13-23-2)15-7-5-4-6-8-15/h4-8,16,21H,3,9-14H2,1-2H3,(H,19,22). The van der Waals surface area contributed by atoms with Gasteiger partial charge >= 0.3 is 6.03 Å². The molecule has 0 radical (unpaired) electrons. The molecule has 2 rings (SSSR count). The van der Waals surface area contributed by atoms with Gasteiger partial charge in [-0.1, -0.05) is 37.3 Å². The minimum Gasteiger partial charge on any atom is -0.396 e. The summed E-state index contributed by atoms with van der Waals surface area (Å²) in [6, 6.07) is 9.66. The molecule has 0 bridgehead atoms. The van der Waals surface area contributed by atoms with Crippen molar-refractivity contribution in [1.82, 2.24) is 10.2 Å². The average Bonchev–Trinajstić information content (AvgIpc) is 2.62. The topological polar surface area (TPSA) is 61.8 Å². The molecule has 128 valence electrons. The van der Waals surface area contributed by atoms with Crippen LogP contribution < -0.4 is 5.32 Å². The number of likely N-dealkylation sites (tertiary alicyclic amines) is 1. The molecule has 0 spiro atoms. The molecule has 1 unspecified atom stereocenters. The number of hydrogen-bond acceptors (Lipinski definition) is 3. The highest BCUT2D eigenvalue weighted by atomic mass is 16.5. The van der Waals surface area contributed by atoms with Crippen LogP contribution in [0, 0.1) is 5.41 Å². The average molecular weight is 320 g/mol. The van der Waals surface area contributed by atoms with Crippen LogP contribution in [-0.4, -0.2) is 49.5 Å². The number of aliphatic hydroxyl groups is 1. The maximum atomic E-state index is 12.5. The summed E-state index contributed by atoms with van der Waals surface area (Å²) in [6.45, 7) is 4.13. The molecule has 0 saturated carbocycles. The van der Waals surface area contributed by atoms with Crippen LogP contribution in [-0.2, 0) is 4.74 Å². The molecule has 1 saturated heterocycles. The third kappa shape index (κ3) is 4.45. The number of urea groups is 1. The first-order valence-electron chi connectivity index (χ1n) is 8.34. The summed E-state index contributed by atoms with van der Waals surface area (Å²) in [4.78, 5) is 14.4. The highest BCUT2D eigenvalue weighted by Gasteiger charge is 2.34. The highest BCUT2D eigenvalue weighted by molar-refractivity contribution is 5.74. The summed E-state index contributed by atoms with van der Waals surface area (Å²) in [6.07, 6.45) is 2.66. The quantitative estimate of drug-likeness (QED) is 0.847. The Labute approximate surface area is 138 Å². The van der Waals surface area contributed by atoms with Crippen LogP contribution in [0.4, 0.5) is 4.79 Å². The van der Waals surface area contributed by atoms with E-state index in [1.807, 2.05) is 35.2 Å². The number of nitrogens with one attached hydrogen (secondary N) is 1. The third-order valence-electron chi connectivity index (χ3n) is 5.03. The number of piperidine rings is 1. The molecule has 0 aromatic heterocycles. The van der Waals surface area contributed by atoms with Crippen molar-refractivity contribution in [3.8, 4) is 0 Å². The van der Waals surface area contributed by atoms with Crippen molar-refractivity contribution >= 4 is 6.03 Å². The van der Waals surface area contributed by atoms with Gasteiger partial charge in [0.05, 0.1) is 12.6 Å². The van der Waals surface area contributed by atoms with Crippen LogP contribution in [0.25, 0.3) is 0 Å². The molecule has 1 aromatic carbocycles. The van der Waals surface area contributed by atoms with Gasteiger partial charge in [-0.2, -0.15) is 0 Å². The Morgan fingerprint density at radius 1 is 1.35 bits per heavy atom. The zero-order chi connectivity index (χ0) is 16.7. The summed E-state index contributed by atoms with van der Waals surface area (Å²) < 4.78 is 5.25. The highest BCUT2D eigenvalue weighted by Crippen LogP contribution is 2.34. The van der Waals surface area contributed by atoms with E-state index in [0.717, 1.165) is 24.8 Å². The predicted octanol–water partition coefficient (Wildman–Crippen LogP) is 2.57. The molecule has 1 fully saturated rings. The molecule has 1 aromatic rings. The van der Waals surface area contributed by atoms with E-state index in [4.69, 9.17) is 4.74 Å². The lowest BCUT2D eigenvalue weighted by molar-refractivity contribution is 0.0506. The zero-order valence-corrected chi connectivity index (χ0v) is 14.1. The Kier molecular flexibility index (Phi) is 6.42. The van der Waals surface area contributed by atoms with Crippen molar-refractivity contribution in [3.63, 3.8) is 0 Å². The van der Waals surface area contributed by atoms with E-state index in [1.165, 1.54) is 0 Å². The number of carbonyl (C=O) groups is 1. The van der Waals surface area contributed by atoms with E-state index < -0.39 is 0 Å². The van der Waals surface area contributed by atoms with Gasteiger partial charge in [0.25, 0.3) is 0 Å². The number of hydrogen-bond donors (Lipinski definition) is 2. The summed E-state index contributed by atoms with van der Waals surface area (Å²) in [7, 11) is 1.64. The van der Waals surface area contributed by atoms with Gasteiger partial charge in [0, 0.05) is 26.8 Å². The number of carbonyl (C=O) groups excluding carboxylic acids is 1. The Morgan fingerprint density at radius 3 is 2.52 bits per heavy atom. The van der Waals surface area contributed by atoms with Gasteiger partial charge in [-0.15, -0.1) is 0 Å². The Morgan fingerprint density at radius 2 is 2.00 bits per heavy atom. The number of methoxy groups -OCH3 is 1. The smallest absolute Gasteiger partial charge is 0.317 e. The molecule has 1 atom stereocenters. The molecule has 23 heavy (non-hydrogen) atoms. The van der Waals surface area contributed by atoms with Gasteiger partial charge in [-0.3, -0.25) is 0 Å². The first-order valence-corrected chi connectivity index (χ1v) is 8.34. The Bertz CT molecular complexity index is 478. The number of benzene rings is 1.